The molecule has 1 saturated heterocycles. The van der Waals surface area contributed by atoms with Crippen LogP contribution in [0.1, 0.15) is 51.0 Å². The van der Waals surface area contributed by atoms with Crippen molar-refractivity contribution in [3.8, 4) is 5.75 Å². The monoisotopic (exact) mass is 385 g/mol. The van der Waals surface area contributed by atoms with E-state index in [4.69, 9.17) is 4.74 Å². The number of carbonyl (C=O) groups is 1. The number of nitrogens with one attached hydrogen (secondary N) is 1. The van der Waals surface area contributed by atoms with Crippen molar-refractivity contribution in [2.75, 3.05) is 33.2 Å². The van der Waals surface area contributed by atoms with Gasteiger partial charge in [0.1, 0.15) is 11.4 Å². The van der Waals surface area contributed by atoms with Crippen LogP contribution in [0, 0.1) is 5.92 Å². The minimum atomic E-state index is -0.129. The van der Waals surface area contributed by atoms with Crippen molar-refractivity contribution in [3.63, 3.8) is 0 Å². The maximum Gasteiger partial charge on any atom is 0.236 e. The van der Waals surface area contributed by atoms with Gasteiger partial charge in [0.2, 0.25) is 5.91 Å². The molecule has 1 amide bonds. The second-order valence-corrected chi connectivity index (χ2v) is 9.19. The van der Waals surface area contributed by atoms with Crippen molar-refractivity contribution in [2.24, 2.45) is 5.92 Å². The highest BCUT2D eigenvalue weighted by Crippen LogP contribution is 2.37. The number of likely N-dealkylation sites (N-methyl/N-ethyl adjacent to an activating group) is 1. The van der Waals surface area contributed by atoms with Crippen molar-refractivity contribution in [3.05, 3.63) is 29.8 Å². The lowest BCUT2D eigenvalue weighted by atomic mass is 9.81. The van der Waals surface area contributed by atoms with E-state index in [9.17, 15) is 4.79 Å². The average molecular weight is 386 g/mol. The highest BCUT2D eigenvalue weighted by Gasteiger charge is 2.40. The number of ether oxygens (including phenoxy) is 1. The molecule has 1 N–H and O–H groups in total. The van der Waals surface area contributed by atoms with E-state index in [0.717, 1.165) is 63.5 Å². The molecule has 0 radical (unpaired) electrons. The third kappa shape index (κ3) is 4.36. The molecule has 2 aliphatic heterocycles. The number of piperidine rings is 1. The fraction of sp³-hybridized carbons (Fsp3) is 0.696. The van der Waals surface area contributed by atoms with Crippen LogP contribution in [0.4, 0.5) is 0 Å². The van der Waals surface area contributed by atoms with Crippen LogP contribution in [0.5, 0.6) is 5.75 Å². The number of likely N-dealkylation sites (tertiary alicyclic amines) is 1. The summed E-state index contributed by atoms with van der Waals surface area (Å²) in [4.78, 5) is 17.2. The first-order chi connectivity index (χ1) is 13.5. The Morgan fingerprint density at radius 3 is 2.68 bits per heavy atom. The van der Waals surface area contributed by atoms with E-state index in [1.165, 1.54) is 18.4 Å². The van der Waals surface area contributed by atoms with E-state index in [-0.39, 0.29) is 11.5 Å². The van der Waals surface area contributed by atoms with Gasteiger partial charge in [0.15, 0.2) is 0 Å². The van der Waals surface area contributed by atoms with Gasteiger partial charge in [-0.25, -0.2) is 0 Å². The molecular weight excluding hydrogens is 350 g/mol. The van der Waals surface area contributed by atoms with Crippen molar-refractivity contribution in [1.82, 2.24) is 15.1 Å². The Balaban J connectivity index is 1.31. The molecule has 0 unspecified atom stereocenters. The Morgan fingerprint density at radius 2 is 1.93 bits per heavy atom. The summed E-state index contributed by atoms with van der Waals surface area (Å²) in [5, 5.41) is 3.58. The molecule has 1 spiro atoms. The van der Waals surface area contributed by atoms with Gasteiger partial charge in [0, 0.05) is 31.7 Å². The highest BCUT2D eigenvalue weighted by atomic mass is 16.5. The minimum absolute atomic E-state index is 0.129. The van der Waals surface area contributed by atoms with Crippen molar-refractivity contribution < 1.29 is 9.53 Å². The zero-order valence-electron chi connectivity index (χ0n) is 17.5. The lowest BCUT2D eigenvalue weighted by molar-refractivity contribution is -0.135. The summed E-state index contributed by atoms with van der Waals surface area (Å²) >= 11 is 0. The average Bonchev–Trinajstić information content (AvgIpc) is 2.88. The van der Waals surface area contributed by atoms with E-state index in [0.29, 0.717) is 12.6 Å². The van der Waals surface area contributed by atoms with E-state index < -0.39 is 0 Å². The van der Waals surface area contributed by atoms with E-state index in [1.807, 2.05) is 11.9 Å². The SMILES string of the molecule is CC1CCN(CC(=O)N(C)C2CCC3(CC2)CNCc2ccccc2O3)CC1. The summed E-state index contributed by atoms with van der Waals surface area (Å²) in [6.07, 6.45) is 6.46. The lowest BCUT2D eigenvalue weighted by Crippen LogP contribution is -2.52. The molecule has 1 aromatic rings. The molecular formula is C23H35N3O2. The minimum Gasteiger partial charge on any atom is -0.486 e. The Labute approximate surface area is 169 Å². The highest BCUT2D eigenvalue weighted by molar-refractivity contribution is 5.78. The molecule has 154 valence electrons. The van der Waals surface area contributed by atoms with Gasteiger partial charge >= 0.3 is 0 Å². The van der Waals surface area contributed by atoms with Crippen LogP contribution in [0.25, 0.3) is 0 Å². The van der Waals surface area contributed by atoms with Gasteiger partial charge in [0.25, 0.3) is 0 Å². The van der Waals surface area contributed by atoms with E-state index in [1.54, 1.807) is 0 Å². The Bertz CT molecular complexity index is 676. The maximum absolute atomic E-state index is 12.8. The molecule has 5 nitrogen and oxygen atoms in total. The molecule has 0 bridgehead atoms. The molecule has 5 heteroatoms. The normalized spacial score (nSPS) is 29.0. The lowest BCUT2D eigenvalue weighted by Gasteiger charge is -2.42. The van der Waals surface area contributed by atoms with Crippen LogP contribution in [0.3, 0.4) is 0 Å². The third-order valence-corrected chi connectivity index (χ3v) is 7.10. The number of hydrogen-bond acceptors (Lipinski definition) is 4. The quantitative estimate of drug-likeness (QED) is 0.869. The molecule has 4 rings (SSSR count). The van der Waals surface area contributed by atoms with Crippen molar-refractivity contribution in [1.29, 1.82) is 0 Å². The predicted molar refractivity (Wildman–Crippen MR) is 111 cm³/mol. The molecule has 1 aromatic carbocycles. The largest absolute Gasteiger partial charge is 0.486 e. The van der Waals surface area contributed by atoms with Gasteiger partial charge in [-0.3, -0.25) is 9.69 Å². The Kier molecular flexibility index (Phi) is 5.93. The number of amides is 1. The first kappa shape index (κ1) is 19.7. The summed E-state index contributed by atoms with van der Waals surface area (Å²) in [6, 6.07) is 8.69. The number of nitrogens with zero attached hydrogens (tertiary/aromatic N) is 2. The van der Waals surface area contributed by atoms with Crippen LogP contribution in [0.2, 0.25) is 0 Å². The third-order valence-electron chi connectivity index (χ3n) is 7.10. The Morgan fingerprint density at radius 1 is 1.21 bits per heavy atom. The molecule has 0 atom stereocenters. The first-order valence-corrected chi connectivity index (χ1v) is 11.0. The van der Waals surface area contributed by atoms with Gasteiger partial charge in [-0.1, -0.05) is 25.1 Å². The number of para-hydroxylation sites is 1. The molecule has 2 heterocycles. The number of benzene rings is 1. The first-order valence-electron chi connectivity index (χ1n) is 11.0. The second kappa shape index (κ2) is 8.42. The van der Waals surface area contributed by atoms with Gasteiger partial charge in [0.05, 0.1) is 6.54 Å². The van der Waals surface area contributed by atoms with Crippen LogP contribution in [-0.2, 0) is 11.3 Å². The smallest absolute Gasteiger partial charge is 0.236 e. The fourth-order valence-electron chi connectivity index (χ4n) is 4.97. The van der Waals surface area contributed by atoms with Gasteiger partial charge in [-0.15, -0.1) is 0 Å². The van der Waals surface area contributed by atoms with Gasteiger partial charge < -0.3 is 15.0 Å². The van der Waals surface area contributed by atoms with Crippen LogP contribution >= 0.6 is 0 Å². The number of rotatable bonds is 3. The van der Waals surface area contributed by atoms with E-state index >= 15 is 0 Å². The summed E-state index contributed by atoms with van der Waals surface area (Å²) in [5.74, 6) is 2.10. The maximum atomic E-state index is 12.8. The molecule has 2 fully saturated rings. The van der Waals surface area contributed by atoms with Crippen molar-refractivity contribution in [2.45, 2.75) is 63.6 Å². The molecule has 0 aromatic heterocycles. The van der Waals surface area contributed by atoms with E-state index in [2.05, 4.69) is 41.4 Å². The summed E-state index contributed by atoms with van der Waals surface area (Å²) in [5.41, 5.74) is 1.11. The van der Waals surface area contributed by atoms with Crippen LogP contribution < -0.4 is 10.1 Å². The molecule has 3 aliphatic rings. The standard InChI is InChI=1S/C23H35N3O2/c1-18-9-13-26(14-10-18)16-22(27)25(2)20-7-11-23(12-8-20)17-24-15-19-5-3-4-6-21(19)28-23/h3-6,18,20,24H,7-17H2,1-2H3. The summed E-state index contributed by atoms with van der Waals surface area (Å²) < 4.78 is 6.53. The number of hydrogen-bond donors (Lipinski definition) is 1. The molecule has 28 heavy (non-hydrogen) atoms. The van der Waals surface area contributed by atoms with Crippen molar-refractivity contribution >= 4 is 5.91 Å². The second-order valence-electron chi connectivity index (χ2n) is 9.19. The fourth-order valence-corrected chi connectivity index (χ4v) is 4.97. The summed E-state index contributed by atoms with van der Waals surface area (Å²) in [7, 11) is 2.00. The topological polar surface area (TPSA) is 44.8 Å². The zero-order valence-corrected chi connectivity index (χ0v) is 17.5. The molecule has 1 saturated carbocycles. The Hall–Kier alpha value is -1.59. The van der Waals surface area contributed by atoms with Crippen LogP contribution in [-0.4, -0.2) is 60.6 Å². The zero-order chi connectivity index (χ0) is 19.6. The number of carbonyl (C=O) groups excluding carboxylic acids is 1. The van der Waals surface area contributed by atoms with Gasteiger partial charge in [-0.05, 0) is 63.6 Å². The number of fused-ring (bicyclic) bond motifs is 1. The van der Waals surface area contributed by atoms with Gasteiger partial charge in [-0.2, -0.15) is 0 Å². The van der Waals surface area contributed by atoms with Crippen LogP contribution in [0.15, 0.2) is 24.3 Å². The molecule has 1 aliphatic carbocycles. The predicted octanol–water partition coefficient (Wildman–Crippen LogP) is 3.04. The summed E-state index contributed by atoms with van der Waals surface area (Å²) in [6.45, 7) is 6.77.